The van der Waals surface area contributed by atoms with Gasteiger partial charge in [-0.05, 0) is 53.5 Å². The van der Waals surface area contributed by atoms with Crippen LogP contribution < -0.4 is 0 Å². The summed E-state index contributed by atoms with van der Waals surface area (Å²) < 4.78 is 16.8. The van der Waals surface area contributed by atoms with Crippen molar-refractivity contribution in [2.45, 2.75) is 19.2 Å². The predicted octanol–water partition coefficient (Wildman–Crippen LogP) is 4.93. The molecule has 3 nitrogen and oxygen atoms in total. The Bertz CT molecular complexity index is 829. The molecule has 0 saturated heterocycles. The third-order valence-corrected chi connectivity index (χ3v) is 3.82. The lowest BCUT2D eigenvalue weighted by atomic mass is 10.2. The second-order valence-electron chi connectivity index (χ2n) is 4.87. The van der Waals surface area contributed by atoms with Crippen molar-refractivity contribution in [3.8, 4) is 5.69 Å². The Morgan fingerprint density at radius 1 is 1.33 bits per heavy atom. The second-order valence-corrected chi connectivity index (χ2v) is 6.44. The van der Waals surface area contributed by atoms with Gasteiger partial charge in [0.15, 0.2) is 5.65 Å². The molecule has 0 N–H and O–H groups in total. The van der Waals surface area contributed by atoms with Crippen LogP contribution in [0.4, 0.5) is 4.39 Å². The van der Waals surface area contributed by atoms with Gasteiger partial charge >= 0.3 is 0 Å². The fourth-order valence-electron chi connectivity index (χ4n) is 2.26. The minimum absolute atomic E-state index is 0.330. The number of halogens is 3. The van der Waals surface area contributed by atoms with E-state index in [1.807, 2.05) is 19.9 Å². The van der Waals surface area contributed by atoms with E-state index >= 15 is 0 Å². The first-order valence-electron chi connectivity index (χ1n) is 6.42. The zero-order valence-electron chi connectivity index (χ0n) is 11.4. The zero-order chi connectivity index (χ0) is 15.1. The Morgan fingerprint density at radius 3 is 2.81 bits per heavy atom. The first-order chi connectivity index (χ1) is 9.97. The summed E-state index contributed by atoms with van der Waals surface area (Å²) in [6.45, 7) is 3.72. The van der Waals surface area contributed by atoms with E-state index < -0.39 is 0 Å². The molecule has 0 amide bonds. The van der Waals surface area contributed by atoms with Gasteiger partial charge in [0, 0.05) is 10.7 Å². The number of hydrogen-bond acceptors (Lipinski definition) is 2. The van der Waals surface area contributed by atoms with Crippen molar-refractivity contribution in [1.29, 1.82) is 0 Å². The lowest BCUT2D eigenvalue weighted by molar-refractivity contribution is 0.615. The molecule has 0 radical (unpaired) electrons. The number of imidazole rings is 1. The van der Waals surface area contributed by atoms with Gasteiger partial charge in [0.1, 0.15) is 17.2 Å². The van der Waals surface area contributed by atoms with Gasteiger partial charge in [0.2, 0.25) is 0 Å². The third-order valence-electron chi connectivity index (χ3n) is 3.19. The highest BCUT2D eigenvalue weighted by Gasteiger charge is 2.19. The summed E-state index contributed by atoms with van der Waals surface area (Å²) in [5.74, 6) is 0.241. The molecule has 108 valence electrons. The quantitative estimate of drug-likeness (QED) is 0.600. The van der Waals surface area contributed by atoms with Crippen molar-refractivity contribution in [2.24, 2.45) is 0 Å². The minimum Gasteiger partial charge on any atom is -0.276 e. The third kappa shape index (κ3) is 2.56. The molecule has 3 rings (SSSR count). The Morgan fingerprint density at radius 2 is 2.10 bits per heavy atom. The molecule has 0 aliphatic rings. The lowest BCUT2D eigenvalue weighted by Crippen LogP contribution is -2.05. The Kier molecular flexibility index (Phi) is 3.71. The molecule has 1 aromatic carbocycles. The van der Waals surface area contributed by atoms with Crippen molar-refractivity contribution in [3.63, 3.8) is 0 Å². The molecular formula is C15H12BrClFN3. The van der Waals surface area contributed by atoms with Crippen LogP contribution in [-0.4, -0.2) is 14.5 Å². The van der Waals surface area contributed by atoms with Crippen LogP contribution >= 0.6 is 27.5 Å². The number of alkyl halides is 1. The largest absolute Gasteiger partial charge is 0.276 e. The van der Waals surface area contributed by atoms with E-state index in [4.69, 9.17) is 11.6 Å². The van der Waals surface area contributed by atoms with E-state index in [9.17, 15) is 4.39 Å². The number of fused-ring (bicyclic) bond motifs is 1. The van der Waals surface area contributed by atoms with Crippen molar-refractivity contribution >= 4 is 38.7 Å². The fraction of sp³-hybridized carbons (Fsp3) is 0.200. The van der Waals surface area contributed by atoms with Gasteiger partial charge in [-0.15, -0.1) is 11.6 Å². The van der Waals surface area contributed by atoms with Crippen LogP contribution in [0.15, 0.2) is 34.9 Å². The molecule has 2 aromatic heterocycles. The molecule has 1 unspecified atom stereocenters. The smallest absolute Gasteiger partial charge is 0.164 e. The molecule has 6 heteroatoms. The number of pyridine rings is 1. The van der Waals surface area contributed by atoms with E-state index in [-0.39, 0.29) is 11.2 Å². The van der Waals surface area contributed by atoms with Gasteiger partial charge in [-0.1, -0.05) is 6.07 Å². The fourth-order valence-corrected chi connectivity index (χ4v) is 2.72. The van der Waals surface area contributed by atoms with E-state index in [1.165, 1.54) is 6.07 Å². The molecule has 3 aromatic rings. The summed E-state index contributed by atoms with van der Waals surface area (Å²) in [5, 5.41) is -0.363. The summed E-state index contributed by atoms with van der Waals surface area (Å²) in [5.41, 5.74) is 2.63. The van der Waals surface area contributed by atoms with Gasteiger partial charge in [0.05, 0.1) is 11.1 Å². The number of aryl methyl sites for hydroxylation is 1. The lowest BCUT2D eigenvalue weighted by Gasteiger charge is -2.11. The molecule has 2 heterocycles. The standard InChI is InChI=1S/C15H12BrClFN3/c1-8-3-4-11(18)13(5-8)21-14(9(2)17)20-12-6-10(16)7-19-15(12)21/h3-7,9H,1-2H3. The average molecular weight is 369 g/mol. The number of benzene rings is 1. The number of rotatable bonds is 2. The number of aromatic nitrogens is 3. The molecule has 1 atom stereocenters. The monoisotopic (exact) mass is 367 g/mol. The molecule has 0 fully saturated rings. The van der Waals surface area contributed by atoms with Gasteiger partial charge in [-0.3, -0.25) is 4.57 Å². The van der Waals surface area contributed by atoms with Gasteiger partial charge in [-0.2, -0.15) is 0 Å². The van der Waals surface area contributed by atoms with E-state index in [0.29, 0.717) is 22.7 Å². The van der Waals surface area contributed by atoms with Crippen LogP contribution in [0.1, 0.15) is 23.7 Å². The number of nitrogens with zero attached hydrogens (tertiary/aromatic N) is 3. The summed E-state index contributed by atoms with van der Waals surface area (Å²) in [7, 11) is 0. The van der Waals surface area contributed by atoms with E-state index in [2.05, 4.69) is 25.9 Å². The minimum atomic E-state index is -0.363. The van der Waals surface area contributed by atoms with E-state index in [0.717, 1.165) is 10.0 Å². The van der Waals surface area contributed by atoms with Crippen LogP contribution in [0.5, 0.6) is 0 Å². The zero-order valence-corrected chi connectivity index (χ0v) is 13.8. The topological polar surface area (TPSA) is 30.7 Å². The summed E-state index contributed by atoms with van der Waals surface area (Å²) in [6, 6.07) is 6.78. The van der Waals surface area contributed by atoms with Crippen molar-refractivity contribution in [1.82, 2.24) is 14.5 Å². The summed E-state index contributed by atoms with van der Waals surface area (Å²) >= 11 is 9.58. The van der Waals surface area contributed by atoms with E-state index in [1.54, 1.807) is 22.9 Å². The number of hydrogen-bond donors (Lipinski definition) is 0. The molecule has 0 bridgehead atoms. The SMILES string of the molecule is Cc1ccc(F)c(-n2c(C(C)Cl)nc3cc(Br)cnc32)c1. The highest BCUT2D eigenvalue weighted by Crippen LogP contribution is 2.29. The predicted molar refractivity (Wildman–Crippen MR) is 85.5 cm³/mol. The molecule has 0 saturated carbocycles. The van der Waals surface area contributed by atoms with Crippen molar-refractivity contribution < 1.29 is 4.39 Å². The second kappa shape index (κ2) is 5.39. The summed E-state index contributed by atoms with van der Waals surface area (Å²) in [6.07, 6.45) is 1.66. The molecule has 0 spiro atoms. The van der Waals surface area contributed by atoms with Gasteiger partial charge in [-0.25, -0.2) is 14.4 Å². The summed E-state index contributed by atoms with van der Waals surface area (Å²) in [4.78, 5) is 8.85. The normalized spacial score (nSPS) is 12.8. The first kappa shape index (κ1) is 14.5. The van der Waals surface area contributed by atoms with Crippen LogP contribution in [0.3, 0.4) is 0 Å². The average Bonchev–Trinajstić information content (AvgIpc) is 2.80. The maximum Gasteiger partial charge on any atom is 0.164 e. The van der Waals surface area contributed by atoms with Gasteiger partial charge < -0.3 is 0 Å². The van der Waals surface area contributed by atoms with Gasteiger partial charge in [0.25, 0.3) is 0 Å². The highest BCUT2D eigenvalue weighted by atomic mass is 79.9. The maximum absolute atomic E-state index is 14.3. The maximum atomic E-state index is 14.3. The van der Waals surface area contributed by atoms with Crippen LogP contribution in [0.2, 0.25) is 0 Å². The molecule has 0 aliphatic carbocycles. The molecule has 21 heavy (non-hydrogen) atoms. The van der Waals surface area contributed by atoms with Crippen molar-refractivity contribution in [2.75, 3.05) is 0 Å². The first-order valence-corrected chi connectivity index (χ1v) is 7.65. The highest BCUT2D eigenvalue weighted by molar-refractivity contribution is 9.10. The molecular weight excluding hydrogens is 357 g/mol. The molecule has 0 aliphatic heterocycles. The van der Waals surface area contributed by atoms with Crippen LogP contribution in [0, 0.1) is 12.7 Å². The Labute approximate surface area is 134 Å². The van der Waals surface area contributed by atoms with Crippen LogP contribution in [-0.2, 0) is 0 Å². The Balaban J connectivity index is 2.39. The van der Waals surface area contributed by atoms with Crippen LogP contribution in [0.25, 0.3) is 16.9 Å². The van der Waals surface area contributed by atoms with Crippen molar-refractivity contribution in [3.05, 3.63) is 52.1 Å². The Hall–Kier alpha value is -1.46.